The van der Waals surface area contributed by atoms with Crippen molar-refractivity contribution < 1.29 is 13.2 Å². The van der Waals surface area contributed by atoms with Crippen LogP contribution in [0.3, 0.4) is 0 Å². The van der Waals surface area contributed by atoms with E-state index < -0.39 is 11.7 Å². The average molecular weight is 268 g/mol. The lowest BCUT2D eigenvalue weighted by Gasteiger charge is -2.06. The van der Waals surface area contributed by atoms with Gasteiger partial charge in [0.2, 0.25) is 0 Å². The fraction of sp³-hybridized carbons (Fsp3) is 0.300. The van der Waals surface area contributed by atoms with Gasteiger partial charge >= 0.3 is 6.18 Å². The van der Waals surface area contributed by atoms with Crippen LogP contribution in [0, 0.1) is 11.8 Å². The van der Waals surface area contributed by atoms with Crippen LogP contribution in [0.15, 0.2) is 12.3 Å². The molecule has 0 saturated carbocycles. The molecule has 0 fully saturated rings. The molecular weight excluding hydrogens is 262 g/mol. The van der Waals surface area contributed by atoms with Crippen molar-refractivity contribution in [1.82, 2.24) is 4.98 Å². The van der Waals surface area contributed by atoms with Crippen LogP contribution in [0.4, 0.5) is 13.2 Å². The van der Waals surface area contributed by atoms with Gasteiger partial charge in [-0.3, -0.25) is 0 Å². The molecule has 0 N–H and O–H groups in total. The Bertz CT molecular complexity index is 432. The molecule has 1 rings (SSSR count). The zero-order valence-electron chi connectivity index (χ0n) is 7.91. The Morgan fingerprint density at radius 2 is 2.06 bits per heavy atom. The SMILES string of the molecule is FC(F)(F)c1cnc(C#CCCCl)c(Cl)c1. The largest absolute Gasteiger partial charge is 0.417 e. The lowest BCUT2D eigenvalue weighted by Crippen LogP contribution is -2.05. The summed E-state index contributed by atoms with van der Waals surface area (Å²) in [5, 5.41) is -0.114. The minimum absolute atomic E-state index is 0.114. The molecule has 86 valence electrons. The van der Waals surface area contributed by atoms with Crippen molar-refractivity contribution in [2.45, 2.75) is 12.6 Å². The van der Waals surface area contributed by atoms with Crippen LogP contribution in [0.25, 0.3) is 0 Å². The van der Waals surface area contributed by atoms with E-state index in [1.54, 1.807) is 0 Å². The fourth-order valence-corrected chi connectivity index (χ4v) is 1.19. The van der Waals surface area contributed by atoms with E-state index >= 15 is 0 Å². The molecule has 0 aliphatic carbocycles. The third-order valence-electron chi connectivity index (χ3n) is 1.59. The third kappa shape index (κ3) is 3.58. The van der Waals surface area contributed by atoms with Crippen LogP contribution < -0.4 is 0 Å². The molecule has 0 aliphatic rings. The van der Waals surface area contributed by atoms with Crippen molar-refractivity contribution in [3.05, 3.63) is 28.5 Å². The summed E-state index contributed by atoms with van der Waals surface area (Å²) >= 11 is 11.0. The van der Waals surface area contributed by atoms with E-state index in [0.717, 1.165) is 6.07 Å². The van der Waals surface area contributed by atoms with E-state index in [4.69, 9.17) is 23.2 Å². The van der Waals surface area contributed by atoms with Crippen molar-refractivity contribution in [1.29, 1.82) is 0 Å². The summed E-state index contributed by atoms with van der Waals surface area (Å²) in [6.45, 7) is 0. The van der Waals surface area contributed by atoms with Crippen LogP contribution in [-0.4, -0.2) is 10.9 Å². The lowest BCUT2D eigenvalue weighted by molar-refractivity contribution is -0.137. The number of nitrogens with zero attached hydrogens (tertiary/aromatic N) is 1. The van der Waals surface area contributed by atoms with Gasteiger partial charge in [-0.2, -0.15) is 13.2 Å². The molecule has 0 amide bonds. The maximum absolute atomic E-state index is 12.3. The molecule has 1 heterocycles. The van der Waals surface area contributed by atoms with Gasteiger partial charge in [-0.25, -0.2) is 4.98 Å². The number of hydrogen-bond acceptors (Lipinski definition) is 1. The number of halogens is 5. The summed E-state index contributed by atoms with van der Waals surface area (Å²) < 4.78 is 36.8. The summed E-state index contributed by atoms with van der Waals surface area (Å²) in [6.07, 6.45) is -3.31. The van der Waals surface area contributed by atoms with E-state index in [1.807, 2.05) is 0 Å². The number of hydrogen-bond donors (Lipinski definition) is 0. The Hall–Kier alpha value is -0.920. The van der Waals surface area contributed by atoms with Crippen LogP contribution >= 0.6 is 23.2 Å². The van der Waals surface area contributed by atoms with E-state index in [-0.39, 0.29) is 10.7 Å². The van der Waals surface area contributed by atoms with Crippen molar-refractivity contribution in [2.24, 2.45) is 0 Å². The maximum atomic E-state index is 12.3. The Morgan fingerprint density at radius 3 is 2.56 bits per heavy atom. The molecular formula is C10H6Cl2F3N. The Labute approximate surface area is 101 Å². The predicted molar refractivity (Wildman–Crippen MR) is 56.5 cm³/mol. The van der Waals surface area contributed by atoms with Gasteiger partial charge in [0.1, 0.15) is 5.69 Å². The zero-order chi connectivity index (χ0) is 12.2. The molecule has 16 heavy (non-hydrogen) atoms. The minimum atomic E-state index is -4.45. The van der Waals surface area contributed by atoms with Gasteiger partial charge in [-0.1, -0.05) is 17.5 Å². The van der Waals surface area contributed by atoms with Crippen LogP contribution in [-0.2, 0) is 6.18 Å². The molecule has 1 nitrogen and oxygen atoms in total. The monoisotopic (exact) mass is 267 g/mol. The van der Waals surface area contributed by atoms with E-state index in [2.05, 4.69) is 16.8 Å². The van der Waals surface area contributed by atoms with Gasteiger partial charge in [0.25, 0.3) is 0 Å². The molecule has 0 saturated heterocycles. The van der Waals surface area contributed by atoms with Crippen LogP contribution in [0.1, 0.15) is 17.7 Å². The Morgan fingerprint density at radius 1 is 1.38 bits per heavy atom. The fourth-order valence-electron chi connectivity index (χ4n) is 0.878. The molecule has 6 heteroatoms. The Balaban J connectivity index is 2.98. The molecule has 0 bridgehead atoms. The lowest BCUT2D eigenvalue weighted by atomic mass is 10.2. The van der Waals surface area contributed by atoms with E-state index in [0.29, 0.717) is 18.5 Å². The summed E-state index contributed by atoms with van der Waals surface area (Å²) in [6, 6.07) is 0.805. The average Bonchev–Trinajstić information content (AvgIpc) is 2.19. The first-order chi connectivity index (χ1) is 7.45. The van der Waals surface area contributed by atoms with Gasteiger partial charge < -0.3 is 0 Å². The van der Waals surface area contributed by atoms with Gasteiger partial charge in [0.15, 0.2) is 0 Å². The topological polar surface area (TPSA) is 12.9 Å². The second kappa shape index (κ2) is 5.42. The first-order valence-electron chi connectivity index (χ1n) is 4.22. The summed E-state index contributed by atoms with van der Waals surface area (Å²) in [7, 11) is 0. The van der Waals surface area contributed by atoms with Gasteiger partial charge in [-0.15, -0.1) is 11.6 Å². The maximum Gasteiger partial charge on any atom is 0.417 e. The van der Waals surface area contributed by atoms with Crippen molar-refractivity contribution in [3.8, 4) is 11.8 Å². The molecule has 0 aliphatic heterocycles. The normalized spacial score (nSPS) is 10.8. The molecule has 0 unspecified atom stereocenters. The third-order valence-corrected chi connectivity index (χ3v) is 2.07. The Kier molecular flexibility index (Phi) is 4.45. The number of aromatic nitrogens is 1. The van der Waals surface area contributed by atoms with Crippen molar-refractivity contribution in [2.75, 3.05) is 5.88 Å². The van der Waals surface area contributed by atoms with E-state index in [1.165, 1.54) is 0 Å². The summed E-state index contributed by atoms with van der Waals surface area (Å²) in [5.74, 6) is 5.54. The summed E-state index contributed by atoms with van der Waals surface area (Å²) in [4.78, 5) is 3.55. The molecule has 0 radical (unpaired) electrons. The van der Waals surface area contributed by atoms with Gasteiger partial charge in [0, 0.05) is 18.5 Å². The predicted octanol–water partition coefficient (Wildman–Crippen LogP) is 3.73. The molecule has 0 aromatic carbocycles. The molecule has 0 spiro atoms. The number of pyridine rings is 1. The number of alkyl halides is 4. The van der Waals surface area contributed by atoms with Gasteiger partial charge in [-0.05, 0) is 12.0 Å². The first-order valence-corrected chi connectivity index (χ1v) is 5.14. The minimum Gasteiger partial charge on any atom is -0.246 e. The first kappa shape index (κ1) is 13.1. The van der Waals surface area contributed by atoms with Gasteiger partial charge in [0.05, 0.1) is 10.6 Å². The highest BCUT2D eigenvalue weighted by atomic mass is 35.5. The van der Waals surface area contributed by atoms with Crippen molar-refractivity contribution >= 4 is 23.2 Å². The molecule has 1 aromatic rings. The highest BCUT2D eigenvalue weighted by molar-refractivity contribution is 6.31. The molecule has 0 atom stereocenters. The quantitative estimate of drug-likeness (QED) is 0.558. The smallest absolute Gasteiger partial charge is 0.246 e. The summed E-state index contributed by atoms with van der Waals surface area (Å²) in [5.41, 5.74) is -0.764. The zero-order valence-corrected chi connectivity index (χ0v) is 9.42. The highest BCUT2D eigenvalue weighted by Gasteiger charge is 2.31. The second-order valence-corrected chi connectivity index (χ2v) is 3.58. The molecule has 1 aromatic heterocycles. The van der Waals surface area contributed by atoms with Crippen LogP contribution in [0.5, 0.6) is 0 Å². The standard InChI is InChI=1S/C10H6Cl2F3N/c11-4-2-1-3-9-8(12)5-7(6-16-9)10(13,14)15/h5-6H,2,4H2. The van der Waals surface area contributed by atoms with Crippen molar-refractivity contribution in [3.63, 3.8) is 0 Å². The van der Waals surface area contributed by atoms with E-state index in [9.17, 15) is 13.2 Å². The van der Waals surface area contributed by atoms with Crippen LogP contribution in [0.2, 0.25) is 5.02 Å². The highest BCUT2D eigenvalue weighted by Crippen LogP contribution is 2.30. The number of rotatable bonds is 1. The second-order valence-electron chi connectivity index (χ2n) is 2.79.